The van der Waals surface area contributed by atoms with Gasteiger partial charge in [-0.1, -0.05) is 12.1 Å². The van der Waals surface area contributed by atoms with Crippen molar-refractivity contribution in [1.29, 1.82) is 0 Å². The Hall–Kier alpha value is -1.06. The summed E-state index contributed by atoms with van der Waals surface area (Å²) in [5.74, 6) is 0.879. The molecule has 1 heterocycles. The summed E-state index contributed by atoms with van der Waals surface area (Å²) in [6.07, 6.45) is 3.23. The molecular formula is C13H18O3. The van der Waals surface area contributed by atoms with Crippen LogP contribution in [0.25, 0.3) is 0 Å². The molecule has 2 atom stereocenters. The van der Waals surface area contributed by atoms with Gasteiger partial charge in [0.15, 0.2) is 0 Å². The minimum absolute atomic E-state index is 0.0447. The van der Waals surface area contributed by atoms with E-state index < -0.39 is 0 Å². The third-order valence-corrected chi connectivity index (χ3v) is 3.02. The normalized spacial score (nSPS) is 24.6. The molecule has 3 heteroatoms. The molecular weight excluding hydrogens is 204 g/mol. The number of aliphatic hydroxyl groups is 1. The van der Waals surface area contributed by atoms with E-state index in [1.807, 2.05) is 12.1 Å². The molecule has 88 valence electrons. The van der Waals surface area contributed by atoms with Crippen molar-refractivity contribution < 1.29 is 14.6 Å². The molecule has 0 unspecified atom stereocenters. The molecule has 1 fully saturated rings. The van der Waals surface area contributed by atoms with Gasteiger partial charge in [-0.05, 0) is 37.0 Å². The molecule has 1 aliphatic heterocycles. The molecule has 3 nitrogen and oxygen atoms in total. The van der Waals surface area contributed by atoms with E-state index in [1.165, 1.54) is 5.56 Å². The van der Waals surface area contributed by atoms with Crippen LogP contribution in [0.1, 0.15) is 18.4 Å². The van der Waals surface area contributed by atoms with Gasteiger partial charge in [0, 0.05) is 0 Å². The highest BCUT2D eigenvalue weighted by atomic mass is 16.5. The van der Waals surface area contributed by atoms with E-state index in [9.17, 15) is 0 Å². The van der Waals surface area contributed by atoms with Gasteiger partial charge >= 0.3 is 0 Å². The van der Waals surface area contributed by atoms with Crippen LogP contribution in [0.2, 0.25) is 0 Å². The van der Waals surface area contributed by atoms with Crippen LogP contribution in [-0.2, 0) is 11.2 Å². The van der Waals surface area contributed by atoms with Gasteiger partial charge in [0.2, 0.25) is 0 Å². The van der Waals surface area contributed by atoms with E-state index in [1.54, 1.807) is 7.11 Å². The maximum absolute atomic E-state index is 8.98. The summed E-state index contributed by atoms with van der Waals surface area (Å²) in [5, 5.41) is 8.98. The van der Waals surface area contributed by atoms with Crippen molar-refractivity contribution in [2.24, 2.45) is 0 Å². The molecule has 0 radical (unpaired) electrons. The minimum atomic E-state index is 0.0447. The van der Waals surface area contributed by atoms with Crippen molar-refractivity contribution in [2.45, 2.75) is 31.5 Å². The van der Waals surface area contributed by atoms with Crippen LogP contribution >= 0.6 is 0 Å². The highest BCUT2D eigenvalue weighted by molar-refractivity contribution is 5.27. The third-order valence-electron chi connectivity index (χ3n) is 3.02. The van der Waals surface area contributed by atoms with E-state index in [0.29, 0.717) is 0 Å². The van der Waals surface area contributed by atoms with Gasteiger partial charge in [-0.2, -0.15) is 0 Å². The summed E-state index contributed by atoms with van der Waals surface area (Å²) in [6, 6.07) is 8.06. The molecule has 0 amide bonds. The van der Waals surface area contributed by atoms with Crippen LogP contribution in [0.15, 0.2) is 24.3 Å². The Kier molecular flexibility index (Phi) is 3.80. The Morgan fingerprint density at radius 1 is 1.25 bits per heavy atom. The lowest BCUT2D eigenvalue weighted by molar-refractivity contribution is 0.0122. The molecule has 1 aromatic rings. The Morgan fingerprint density at radius 2 is 1.94 bits per heavy atom. The summed E-state index contributed by atoms with van der Waals surface area (Å²) in [5.41, 5.74) is 1.25. The molecule has 0 bridgehead atoms. The lowest BCUT2D eigenvalue weighted by Crippen LogP contribution is -2.16. The predicted octanol–water partition coefficient (Wildman–Crippen LogP) is 1.78. The van der Waals surface area contributed by atoms with E-state index in [-0.39, 0.29) is 18.8 Å². The lowest BCUT2D eigenvalue weighted by atomic mass is 10.1. The summed E-state index contributed by atoms with van der Waals surface area (Å²) < 4.78 is 10.8. The number of hydrogen-bond donors (Lipinski definition) is 1. The second kappa shape index (κ2) is 5.32. The molecule has 0 spiro atoms. The maximum Gasteiger partial charge on any atom is 0.118 e. The Bertz CT molecular complexity index is 320. The number of aliphatic hydroxyl groups excluding tert-OH is 1. The first kappa shape index (κ1) is 11.4. The Balaban J connectivity index is 1.89. The van der Waals surface area contributed by atoms with E-state index in [4.69, 9.17) is 14.6 Å². The van der Waals surface area contributed by atoms with Gasteiger partial charge in [0.05, 0.1) is 25.9 Å². The molecule has 1 saturated heterocycles. The average Bonchev–Trinajstić information content (AvgIpc) is 2.78. The van der Waals surface area contributed by atoms with Gasteiger partial charge < -0.3 is 14.6 Å². The first-order valence-electron chi connectivity index (χ1n) is 5.71. The number of ether oxygens (including phenoxy) is 2. The fraction of sp³-hybridized carbons (Fsp3) is 0.538. The van der Waals surface area contributed by atoms with Gasteiger partial charge in [-0.25, -0.2) is 0 Å². The van der Waals surface area contributed by atoms with Gasteiger partial charge in [0.1, 0.15) is 5.75 Å². The quantitative estimate of drug-likeness (QED) is 0.844. The fourth-order valence-corrected chi connectivity index (χ4v) is 2.09. The zero-order chi connectivity index (χ0) is 11.4. The summed E-state index contributed by atoms with van der Waals surface area (Å²) in [6.45, 7) is 0.138. The lowest BCUT2D eigenvalue weighted by Gasteiger charge is -2.12. The molecule has 0 aromatic heterocycles. The van der Waals surface area contributed by atoms with Crippen LogP contribution in [-0.4, -0.2) is 31.0 Å². The van der Waals surface area contributed by atoms with Gasteiger partial charge in [0.25, 0.3) is 0 Å². The van der Waals surface area contributed by atoms with E-state index >= 15 is 0 Å². The first-order valence-corrected chi connectivity index (χ1v) is 5.71. The standard InChI is InChI=1S/C13H18O3/c1-15-11-4-2-10(3-5-11)8-12-6-7-13(9-14)16-12/h2-5,12-14H,6-9H2,1H3/t12-,13-/m0/s1. The van der Waals surface area contributed by atoms with Crippen molar-refractivity contribution in [1.82, 2.24) is 0 Å². The zero-order valence-corrected chi connectivity index (χ0v) is 9.56. The SMILES string of the molecule is COc1ccc(C[C@@H]2CC[C@@H](CO)O2)cc1. The number of hydrogen-bond acceptors (Lipinski definition) is 3. The van der Waals surface area contributed by atoms with Crippen molar-refractivity contribution in [2.75, 3.05) is 13.7 Å². The molecule has 1 N–H and O–H groups in total. The molecule has 2 rings (SSSR count). The molecule has 0 aliphatic carbocycles. The Labute approximate surface area is 96.0 Å². The van der Waals surface area contributed by atoms with E-state index in [2.05, 4.69) is 12.1 Å². The number of rotatable bonds is 4. The van der Waals surface area contributed by atoms with Gasteiger partial charge in [-0.15, -0.1) is 0 Å². The summed E-state index contributed by atoms with van der Waals surface area (Å²) in [7, 11) is 1.67. The fourth-order valence-electron chi connectivity index (χ4n) is 2.09. The molecule has 0 saturated carbocycles. The van der Waals surface area contributed by atoms with Crippen molar-refractivity contribution in [3.63, 3.8) is 0 Å². The van der Waals surface area contributed by atoms with Crippen LogP contribution in [0.5, 0.6) is 5.75 Å². The first-order chi connectivity index (χ1) is 7.81. The second-order valence-electron chi connectivity index (χ2n) is 4.19. The average molecular weight is 222 g/mol. The van der Waals surface area contributed by atoms with Crippen molar-refractivity contribution in [3.05, 3.63) is 29.8 Å². The van der Waals surface area contributed by atoms with Crippen molar-refractivity contribution in [3.8, 4) is 5.75 Å². The monoisotopic (exact) mass is 222 g/mol. The van der Waals surface area contributed by atoms with Crippen LogP contribution in [0.4, 0.5) is 0 Å². The summed E-state index contributed by atoms with van der Waals surface area (Å²) >= 11 is 0. The minimum Gasteiger partial charge on any atom is -0.497 e. The van der Waals surface area contributed by atoms with E-state index in [0.717, 1.165) is 25.0 Å². The number of benzene rings is 1. The van der Waals surface area contributed by atoms with Crippen LogP contribution in [0, 0.1) is 0 Å². The highest BCUT2D eigenvalue weighted by Crippen LogP contribution is 2.23. The van der Waals surface area contributed by atoms with Crippen molar-refractivity contribution >= 4 is 0 Å². The van der Waals surface area contributed by atoms with Crippen LogP contribution in [0.3, 0.4) is 0 Å². The molecule has 1 aliphatic rings. The maximum atomic E-state index is 8.98. The largest absolute Gasteiger partial charge is 0.497 e. The predicted molar refractivity (Wildman–Crippen MR) is 61.7 cm³/mol. The smallest absolute Gasteiger partial charge is 0.118 e. The third kappa shape index (κ3) is 2.74. The van der Waals surface area contributed by atoms with Crippen LogP contribution < -0.4 is 4.74 Å². The van der Waals surface area contributed by atoms with Gasteiger partial charge in [-0.3, -0.25) is 0 Å². The topological polar surface area (TPSA) is 38.7 Å². The molecule has 1 aromatic carbocycles. The zero-order valence-electron chi connectivity index (χ0n) is 9.56. The highest BCUT2D eigenvalue weighted by Gasteiger charge is 2.24. The number of methoxy groups -OCH3 is 1. The molecule has 16 heavy (non-hydrogen) atoms. The Morgan fingerprint density at radius 3 is 2.50 bits per heavy atom. The summed E-state index contributed by atoms with van der Waals surface area (Å²) in [4.78, 5) is 0. The second-order valence-corrected chi connectivity index (χ2v) is 4.19.